The van der Waals surface area contributed by atoms with Crippen molar-refractivity contribution in [3.63, 3.8) is 0 Å². The van der Waals surface area contributed by atoms with Crippen molar-refractivity contribution in [1.29, 1.82) is 0 Å². The Kier molecular flexibility index (Phi) is 5.58. The first kappa shape index (κ1) is 18.4. The number of nitrogens with one attached hydrogen (secondary N) is 1. The number of carbonyl (C=O) groups is 1. The van der Waals surface area contributed by atoms with Crippen LogP contribution in [0.15, 0.2) is 24.3 Å². The lowest BCUT2D eigenvalue weighted by Gasteiger charge is -2.23. The second-order valence-corrected chi connectivity index (χ2v) is 6.16. The number of urea groups is 1. The summed E-state index contributed by atoms with van der Waals surface area (Å²) in [4.78, 5) is 15.3. The standard InChI is InChI=1S/C16H22F3N3O2/c1-11(23)9-21(2)15(24)20-13-7-8-22(10-13)14-5-3-12(4-6-14)16(17,18)19/h3-6,11,13,23H,7-10H2,1-2H3,(H,20,24)/t11-,13-/m0/s1. The van der Waals surface area contributed by atoms with Crippen LogP contribution in [0.5, 0.6) is 0 Å². The van der Waals surface area contributed by atoms with Gasteiger partial charge in [0.25, 0.3) is 0 Å². The molecule has 0 spiro atoms. The molecule has 1 aromatic rings. The maximum atomic E-state index is 12.6. The Labute approximate surface area is 139 Å². The molecule has 0 aromatic heterocycles. The SMILES string of the molecule is C[C@H](O)CN(C)C(=O)N[C@H]1CCN(c2ccc(C(F)(F)F)cc2)C1. The van der Waals surface area contributed by atoms with E-state index < -0.39 is 17.8 Å². The van der Waals surface area contributed by atoms with Crippen LogP contribution in [0.2, 0.25) is 0 Å². The predicted octanol–water partition coefficient (Wildman–Crippen LogP) is 2.31. The fraction of sp³-hybridized carbons (Fsp3) is 0.562. The molecule has 8 heteroatoms. The van der Waals surface area contributed by atoms with Crippen LogP contribution >= 0.6 is 0 Å². The molecule has 0 saturated carbocycles. The topological polar surface area (TPSA) is 55.8 Å². The van der Waals surface area contributed by atoms with E-state index in [-0.39, 0.29) is 18.6 Å². The molecule has 0 unspecified atom stereocenters. The Balaban J connectivity index is 1.90. The third-order valence-electron chi connectivity index (χ3n) is 3.96. The van der Waals surface area contributed by atoms with Gasteiger partial charge in [0, 0.05) is 38.4 Å². The average Bonchev–Trinajstić information content (AvgIpc) is 2.94. The molecule has 0 bridgehead atoms. The number of alkyl halides is 3. The van der Waals surface area contributed by atoms with Crippen molar-refractivity contribution >= 4 is 11.7 Å². The molecule has 0 radical (unpaired) electrons. The largest absolute Gasteiger partial charge is 0.416 e. The Morgan fingerprint density at radius 3 is 2.58 bits per heavy atom. The number of aliphatic hydroxyl groups is 1. The highest BCUT2D eigenvalue weighted by molar-refractivity contribution is 5.74. The normalized spacial score (nSPS) is 19.2. The van der Waals surface area contributed by atoms with Crippen molar-refractivity contribution in [1.82, 2.24) is 10.2 Å². The summed E-state index contributed by atoms with van der Waals surface area (Å²) in [6.07, 6.45) is -4.22. The van der Waals surface area contributed by atoms with Gasteiger partial charge in [0.2, 0.25) is 0 Å². The van der Waals surface area contributed by atoms with Crippen molar-refractivity contribution in [2.75, 3.05) is 31.6 Å². The summed E-state index contributed by atoms with van der Waals surface area (Å²) >= 11 is 0. The van der Waals surface area contributed by atoms with Gasteiger partial charge in [0.1, 0.15) is 0 Å². The summed E-state index contributed by atoms with van der Waals surface area (Å²) in [7, 11) is 1.60. The third-order valence-corrected chi connectivity index (χ3v) is 3.96. The third kappa shape index (κ3) is 4.77. The van der Waals surface area contributed by atoms with Gasteiger partial charge in [-0.25, -0.2) is 4.79 Å². The Bertz CT molecular complexity index is 561. The van der Waals surface area contributed by atoms with Gasteiger partial charge < -0.3 is 20.2 Å². The van der Waals surface area contributed by atoms with Gasteiger partial charge in [-0.2, -0.15) is 13.2 Å². The number of nitrogens with zero attached hydrogens (tertiary/aromatic N) is 2. The van der Waals surface area contributed by atoms with Crippen LogP contribution in [0.1, 0.15) is 18.9 Å². The summed E-state index contributed by atoms with van der Waals surface area (Å²) < 4.78 is 37.8. The van der Waals surface area contributed by atoms with E-state index >= 15 is 0 Å². The van der Waals surface area contributed by atoms with Crippen molar-refractivity contribution in [2.45, 2.75) is 31.7 Å². The number of hydrogen-bond acceptors (Lipinski definition) is 3. The Hall–Kier alpha value is -1.96. The van der Waals surface area contributed by atoms with Gasteiger partial charge in [0.15, 0.2) is 0 Å². The van der Waals surface area contributed by atoms with Crippen LogP contribution in [0.3, 0.4) is 0 Å². The van der Waals surface area contributed by atoms with E-state index in [0.717, 1.165) is 18.6 Å². The number of benzene rings is 1. The number of amides is 2. The second kappa shape index (κ2) is 7.29. The number of hydrogen-bond donors (Lipinski definition) is 2. The van der Waals surface area contributed by atoms with E-state index in [9.17, 15) is 23.1 Å². The fourth-order valence-corrected chi connectivity index (χ4v) is 2.74. The quantitative estimate of drug-likeness (QED) is 0.880. The lowest BCUT2D eigenvalue weighted by atomic mass is 10.2. The predicted molar refractivity (Wildman–Crippen MR) is 84.9 cm³/mol. The average molecular weight is 345 g/mol. The molecule has 134 valence electrons. The first-order chi connectivity index (χ1) is 11.2. The summed E-state index contributed by atoms with van der Waals surface area (Å²) in [5.74, 6) is 0. The molecule has 2 amide bonds. The smallest absolute Gasteiger partial charge is 0.392 e. The van der Waals surface area contributed by atoms with Crippen LogP contribution in [-0.4, -0.2) is 54.9 Å². The highest BCUT2D eigenvalue weighted by atomic mass is 19.4. The van der Waals surface area contributed by atoms with Crippen LogP contribution in [-0.2, 0) is 6.18 Å². The molecule has 2 rings (SSSR count). The number of halogens is 3. The van der Waals surface area contributed by atoms with Gasteiger partial charge in [-0.15, -0.1) is 0 Å². The molecular weight excluding hydrogens is 323 g/mol. The number of aliphatic hydroxyl groups excluding tert-OH is 1. The molecular formula is C16H22F3N3O2. The zero-order valence-electron chi connectivity index (χ0n) is 13.7. The van der Waals surface area contributed by atoms with Gasteiger partial charge in [-0.3, -0.25) is 0 Å². The van der Waals surface area contributed by atoms with E-state index in [1.54, 1.807) is 14.0 Å². The number of anilines is 1. The molecule has 5 nitrogen and oxygen atoms in total. The van der Waals surface area contributed by atoms with Crippen molar-refractivity contribution in [3.05, 3.63) is 29.8 Å². The van der Waals surface area contributed by atoms with Crippen molar-refractivity contribution < 1.29 is 23.1 Å². The lowest BCUT2D eigenvalue weighted by molar-refractivity contribution is -0.137. The summed E-state index contributed by atoms with van der Waals surface area (Å²) in [5, 5.41) is 12.2. The monoisotopic (exact) mass is 345 g/mol. The first-order valence-corrected chi connectivity index (χ1v) is 7.78. The Morgan fingerprint density at radius 1 is 1.42 bits per heavy atom. The first-order valence-electron chi connectivity index (χ1n) is 7.78. The lowest BCUT2D eigenvalue weighted by Crippen LogP contribution is -2.46. The van der Waals surface area contributed by atoms with Crippen LogP contribution in [0.4, 0.5) is 23.7 Å². The molecule has 1 aromatic carbocycles. The fourth-order valence-electron chi connectivity index (χ4n) is 2.74. The maximum absolute atomic E-state index is 12.6. The Morgan fingerprint density at radius 2 is 2.04 bits per heavy atom. The summed E-state index contributed by atoms with van der Waals surface area (Å²) in [6.45, 7) is 3.04. The number of carbonyl (C=O) groups excluding carboxylic acids is 1. The van der Waals surface area contributed by atoms with Crippen LogP contribution < -0.4 is 10.2 Å². The van der Waals surface area contributed by atoms with Crippen molar-refractivity contribution in [3.8, 4) is 0 Å². The minimum Gasteiger partial charge on any atom is -0.392 e. The maximum Gasteiger partial charge on any atom is 0.416 e. The molecule has 2 atom stereocenters. The minimum absolute atomic E-state index is 0.0729. The van der Waals surface area contributed by atoms with Crippen LogP contribution in [0.25, 0.3) is 0 Å². The molecule has 0 aliphatic carbocycles. The molecule has 1 aliphatic rings. The van der Waals surface area contributed by atoms with E-state index in [4.69, 9.17) is 0 Å². The highest BCUT2D eigenvalue weighted by Gasteiger charge is 2.31. The molecule has 2 N–H and O–H groups in total. The molecule has 24 heavy (non-hydrogen) atoms. The van der Waals surface area contributed by atoms with E-state index in [2.05, 4.69) is 5.32 Å². The van der Waals surface area contributed by atoms with Gasteiger partial charge in [-0.05, 0) is 37.6 Å². The molecule has 1 fully saturated rings. The molecule has 1 heterocycles. The second-order valence-electron chi connectivity index (χ2n) is 6.16. The number of likely N-dealkylation sites (N-methyl/N-ethyl adjacent to an activating group) is 1. The molecule has 1 aliphatic heterocycles. The van der Waals surface area contributed by atoms with Gasteiger partial charge in [-0.1, -0.05) is 0 Å². The van der Waals surface area contributed by atoms with E-state index in [0.29, 0.717) is 18.8 Å². The zero-order chi connectivity index (χ0) is 17.9. The van der Waals surface area contributed by atoms with Crippen molar-refractivity contribution in [2.24, 2.45) is 0 Å². The van der Waals surface area contributed by atoms with Gasteiger partial charge >= 0.3 is 12.2 Å². The van der Waals surface area contributed by atoms with Crippen LogP contribution in [0, 0.1) is 0 Å². The summed E-state index contributed by atoms with van der Waals surface area (Å²) in [6, 6.07) is 4.69. The summed E-state index contributed by atoms with van der Waals surface area (Å²) in [5.41, 5.74) is 0.0344. The minimum atomic E-state index is -4.34. The zero-order valence-corrected chi connectivity index (χ0v) is 13.7. The number of rotatable bonds is 4. The molecule has 1 saturated heterocycles. The highest BCUT2D eigenvalue weighted by Crippen LogP contribution is 2.31. The van der Waals surface area contributed by atoms with E-state index in [1.165, 1.54) is 17.0 Å². The van der Waals surface area contributed by atoms with Gasteiger partial charge in [0.05, 0.1) is 11.7 Å². The van der Waals surface area contributed by atoms with E-state index in [1.807, 2.05) is 4.90 Å².